The van der Waals surface area contributed by atoms with Gasteiger partial charge in [0.1, 0.15) is 13.2 Å². The van der Waals surface area contributed by atoms with E-state index in [0.717, 1.165) is 18.4 Å². The second-order valence-corrected chi connectivity index (χ2v) is 5.51. The third kappa shape index (κ3) is 2.53. The molecule has 3 atom stereocenters. The van der Waals surface area contributed by atoms with Crippen LogP contribution in [0.1, 0.15) is 31.4 Å². The SMILES string of the molecule is CC1CCC(C(N)c2cc3c(cc2Cl)OCCO3)O1. The molecule has 1 aromatic rings. The van der Waals surface area contributed by atoms with E-state index in [-0.39, 0.29) is 18.2 Å². The van der Waals surface area contributed by atoms with Crippen LogP contribution in [-0.4, -0.2) is 25.4 Å². The first kappa shape index (κ1) is 13.0. The van der Waals surface area contributed by atoms with Gasteiger partial charge in [0.15, 0.2) is 11.5 Å². The van der Waals surface area contributed by atoms with Crippen LogP contribution in [0.15, 0.2) is 12.1 Å². The molecule has 0 aliphatic carbocycles. The van der Waals surface area contributed by atoms with Gasteiger partial charge >= 0.3 is 0 Å². The Morgan fingerprint density at radius 1 is 1.21 bits per heavy atom. The lowest BCUT2D eigenvalue weighted by atomic mass is 9.99. The second-order valence-electron chi connectivity index (χ2n) is 5.11. The van der Waals surface area contributed by atoms with Crippen LogP contribution in [0.2, 0.25) is 5.02 Å². The molecular formula is C14H18ClNO3. The summed E-state index contributed by atoms with van der Waals surface area (Å²) in [5, 5.41) is 0.611. The summed E-state index contributed by atoms with van der Waals surface area (Å²) in [6, 6.07) is 3.44. The van der Waals surface area contributed by atoms with E-state index in [9.17, 15) is 0 Å². The van der Waals surface area contributed by atoms with Gasteiger partial charge in [0, 0.05) is 11.1 Å². The van der Waals surface area contributed by atoms with E-state index >= 15 is 0 Å². The predicted molar refractivity (Wildman–Crippen MR) is 72.9 cm³/mol. The van der Waals surface area contributed by atoms with Crippen LogP contribution in [0, 0.1) is 0 Å². The van der Waals surface area contributed by atoms with Gasteiger partial charge in [-0.05, 0) is 31.4 Å². The molecule has 1 fully saturated rings. The van der Waals surface area contributed by atoms with E-state index in [1.165, 1.54) is 0 Å². The molecule has 2 N–H and O–H groups in total. The largest absolute Gasteiger partial charge is 0.486 e. The van der Waals surface area contributed by atoms with Crippen molar-refractivity contribution in [3.05, 3.63) is 22.7 Å². The van der Waals surface area contributed by atoms with Gasteiger partial charge in [-0.25, -0.2) is 0 Å². The Balaban J connectivity index is 1.87. The van der Waals surface area contributed by atoms with Crippen molar-refractivity contribution in [3.63, 3.8) is 0 Å². The highest BCUT2D eigenvalue weighted by atomic mass is 35.5. The summed E-state index contributed by atoms with van der Waals surface area (Å²) in [6.45, 7) is 3.18. The number of ether oxygens (including phenoxy) is 3. The van der Waals surface area contributed by atoms with Crippen LogP contribution in [0.3, 0.4) is 0 Å². The lowest BCUT2D eigenvalue weighted by molar-refractivity contribution is 0.0400. The molecule has 0 bridgehead atoms. The lowest BCUT2D eigenvalue weighted by Gasteiger charge is -2.24. The summed E-state index contributed by atoms with van der Waals surface area (Å²) in [5.74, 6) is 1.40. The summed E-state index contributed by atoms with van der Waals surface area (Å²) in [7, 11) is 0. The van der Waals surface area contributed by atoms with Crippen molar-refractivity contribution in [2.24, 2.45) is 5.73 Å². The van der Waals surface area contributed by atoms with Crippen molar-refractivity contribution < 1.29 is 14.2 Å². The molecule has 1 saturated heterocycles. The molecule has 2 aliphatic rings. The van der Waals surface area contributed by atoms with Gasteiger partial charge in [-0.3, -0.25) is 0 Å². The molecule has 0 radical (unpaired) electrons. The van der Waals surface area contributed by atoms with E-state index in [1.807, 2.05) is 6.07 Å². The normalized spacial score (nSPS) is 27.3. The van der Waals surface area contributed by atoms with Gasteiger partial charge in [-0.1, -0.05) is 11.6 Å². The third-order valence-electron chi connectivity index (χ3n) is 3.69. The minimum atomic E-state index is -0.228. The first-order valence-electron chi connectivity index (χ1n) is 6.65. The predicted octanol–water partition coefficient (Wildman–Crippen LogP) is 2.68. The fourth-order valence-electron chi connectivity index (χ4n) is 2.63. The first-order valence-corrected chi connectivity index (χ1v) is 7.03. The van der Waals surface area contributed by atoms with Crippen molar-refractivity contribution in [3.8, 4) is 11.5 Å². The Bertz CT molecular complexity index is 480. The van der Waals surface area contributed by atoms with Gasteiger partial charge < -0.3 is 19.9 Å². The number of hydrogen-bond acceptors (Lipinski definition) is 4. The average Bonchev–Trinajstić information content (AvgIpc) is 2.84. The summed E-state index contributed by atoms with van der Waals surface area (Å²) in [5.41, 5.74) is 7.16. The first-order chi connectivity index (χ1) is 9.15. The maximum absolute atomic E-state index is 6.30. The Labute approximate surface area is 117 Å². The molecule has 1 aromatic carbocycles. The summed E-state index contributed by atoms with van der Waals surface area (Å²) in [6.07, 6.45) is 2.30. The monoisotopic (exact) mass is 283 g/mol. The molecule has 5 heteroatoms. The van der Waals surface area contributed by atoms with E-state index in [1.54, 1.807) is 6.07 Å². The van der Waals surface area contributed by atoms with Crippen LogP contribution in [0.25, 0.3) is 0 Å². The Hall–Kier alpha value is -0.970. The molecule has 0 aromatic heterocycles. The maximum Gasteiger partial charge on any atom is 0.162 e. The highest BCUT2D eigenvalue weighted by molar-refractivity contribution is 6.31. The molecule has 0 spiro atoms. The van der Waals surface area contributed by atoms with Crippen LogP contribution in [-0.2, 0) is 4.74 Å². The molecule has 0 saturated carbocycles. The highest BCUT2D eigenvalue weighted by Crippen LogP contribution is 2.39. The zero-order valence-electron chi connectivity index (χ0n) is 10.9. The van der Waals surface area contributed by atoms with Gasteiger partial charge in [0.2, 0.25) is 0 Å². The molecule has 104 valence electrons. The smallest absolute Gasteiger partial charge is 0.162 e. The van der Waals surface area contributed by atoms with Crippen LogP contribution >= 0.6 is 11.6 Å². The van der Waals surface area contributed by atoms with Gasteiger partial charge in [0.25, 0.3) is 0 Å². The second kappa shape index (κ2) is 5.19. The molecular weight excluding hydrogens is 266 g/mol. The average molecular weight is 284 g/mol. The fourth-order valence-corrected chi connectivity index (χ4v) is 2.91. The molecule has 2 aliphatic heterocycles. The molecule has 2 heterocycles. The number of rotatable bonds is 2. The topological polar surface area (TPSA) is 53.7 Å². The number of halogens is 1. The van der Waals surface area contributed by atoms with E-state index in [2.05, 4.69) is 6.92 Å². The zero-order chi connectivity index (χ0) is 13.4. The van der Waals surface area contributed by atoms with Crippen molar-refractivity contribution in [1.82, 2.24) is 0 Å². The number of hydrogen-bond donors (Lipinski definition) is 1. The summed E-state index contributed by atoms with van der Waals surface area (Å²) >= 11 is 6.30. The third-order valence-corrected chi connectivity index (χ3v) is 4.01. The molecule has 0 amide bonds. The molecule has 3 rings (SSSR count). The standard InChI is InChI=1S/C14H18ClNO3/c1-8-2-3-11(19-8)14(16)9-6-12-13(7-10(9)15)18-5-4-17-12/h6-8,11,14H,2-5,16H2,1H3. The van der Waals surface area contributed by atoms with Crippen molar-refractivity contribution >= 4 is 11.6 Å². The minimum Gasteiger partial charge on any atom is -0.486 e. The zero-order valence-corrected chi connectivity index (χ0v) is 11.7. The van der Waals surface area contributed by atoms with Crippen molar-refractivity contribution in [2.75, 3.05) is 13.2 Å². The van der Waals surface area contributed by atoms with Crippen molar-refractivity contribution in [1.29, 1.82) is 0 Å². The lowest BCUT2D eigenvalue weighted by Crippen LogP contribution is -2.27. The van der Waals surface area contributed by atoms with Gasteiger partial charge in [-0.2, -0.15) is 0 Å². The van der Waals surface area contributed by atoms with Crippen LogP contribution in [0.4, 0.5) is 0 Å². The van der Waals surface area contributed by atoms with Crippen LogP contribution < -0.4 is 15.2 Å². The van der Waals surface area contributed by atoms with Crippen LogP contribution in [0.5, 0.6) is 11.5 Å². The van der Waals surface area contributed by atoms with Gasteiger partial charge in [-0.15, -0.1) is 0 Å². The van der Waals surface area contributed by atoms with E-state index < -0.39 is 0 Å². The summed E-state index contributed by atoms with van der Waals surface area (Å²) in [4.78, 5) is 0. The Morgan fingerprint density at radius 2 is 1.89 bits per heavy atom. The minimum absolute atomic E-state index is 0.0232. The Morgan fingerprint density at radius 3 is 2.53 bits per heavy atom. The molecule has 3 unspecified atom stereocenters. The quantitative estimate of drug-likeness (QED) is 0.907. The van der Waals surface area contributed by atoms with E-state index in [0.29, 0.717) is 29.7 Å². The summed E-state index contributed by atoms with van der Waals surface area (Å²) < 4.78 is 16.9. The molecule has 4 nitrogen and oxygen atoms in total. The maximum atomic E-state index is 6.30. The molecule has 19 heavy (non-hydrogen) atoms. The van der Waals surface area contributed by atoms with Gasteiger partial charge in [0.05, 0.1) is 18.2 Å². The number of fused-ring (bicyclic) bond motifs is 1. The number of benzene rings is 1. The Kier molecular flexibility index (Phi) is 3.56. The number of nitrogens with two attached hydrogens (primary N) is 1. The van der Waals surface area contributed by atoms with Crippen molar-refractivity contribution in [2.45, 2.75) is 38.0 Å². The highest BCUT2D eigenvalue weighted by Gasteiger charge is 2.30. The van der Waals surface area contributed by atoms with E-state index in [4.69, 9.17) is 31.5 Å². The fraction of sp³-hybridized carbons (Fsp3) is 0.571.